The highest BCUT2D eigenvalue weighted by molar-refractivity contribution is 6.35. The molecule has 0 aliphatic carbocycles. The van der Waals surface area contributed by atoms with Crippen molar-refractivity contribution in [2.45, 2.75) is 24.7 Å². The van der Waals surface area contributed by atoms with Gasteiger partial charge in [0.25, 0.3) is 5.91 Å². The number of halogens is 6. The summed E-state index contributed by atoms with van der Waals surface area (Å²) in [6, 6.07) is 9.73. The molecule has 0 bridgehead atoms. The van der Waals surface area contributed by atoms with Crippen molar-refractivity contribution in [2.75, 3.05) is 10.6 Å². The third kappa shape index (κ3) is 4.76. The summed E-state index contributed by atoms with van der Waals surface area (Å²) < 4.78 is 42.1. The molecule has 0 radical (unpaired) electrons. The molecule has 1 aromatic heterocycles. The predicted octanol–water partition coefficient (Wildman–Crippen LogP) is 6.76. The van der Waals surface area contributed by atoms with E-state index in [1.54, 1.807) is 24.3 Å². The van der Waals surface area contributed by atoms with E-state index in [0.717, 1.165) is 4.68 Å². The van der Waals surface area contributed by atoms with Crippen LogP contribution >= 0.6 is 34.8 Å². The number of hydrogen-bond acceptors (Lipinski definition) is 3. The monoisotopic (exact) mass is 488 g/mol. The van der Waals surface area contributed by atoms with E-state index in [-0.39, 0.29) is 17.9 Å². The van der Waals surface area contributed by atoms with Gasteiger partial charge in [-0.2, -0.15) is 18.3 Å². The zero-order chi connectivity index (χ0) is 22.3. The first-order chi connectivity index (χ1) is 14.6. The Morgan fingerprint density at radius 1 is 1.03 bits per heavy atom. The number of rotatable bonds is 3. The highest BCUT2D eigenvalue weighted by Crippen LogP contribution is 2.43. The zero-order valence-electron chi connectivity index (χ0n) is 15.6. The van der Waals surface area contributed by atoms with Crippen LogP contribution in [0, 0.1) is 0 Å². The molecule has 1 amide bonds. The highest BCUT2D eigenvalue weighted by Gasteiger charge is 2.46. The summed E-state index contributed by atoms with van der Waals surface area (Å²) in [4.78, 5) is 12.6. The summed E-state index contributed by atoms with van der Waals surface area (Å²) in [6.07, 6.45) is -4.84. The van der Waals surface area contributed by atoms with Gasteiger partial charge >= 0.3 is 6.18 Å². The van der Waals surface area contributed by atoms with Crippen LogP contribution in [-0.2, 0) is 0 Å². The maximum Gasteiger partial charge on any atom is 0.410 e. The first-order valence-electron chi connectivity index (χ1n) is 9.06. The van der Waals surface area contributed by atoms with E-state index in [1.807, 2.05) is 0 Å². The van der Waals surface area contributed by atoms with Gasteiger partial charge in [-0.05, 0) is 35.9 Å². The Labute approximate surface area is 190 Å². The molecular formula is C20H14Cl3F3N4O. The molecule has 31 heavy (non-hydrogen) atoms. The van der Waals surface area contributed by atoms with Crippen molar-refractivity contribution in [3.63, 3.8) is 0 Å². The molecule has 4 rings (SSSR count). The van der Waals surface area contributed by atoms with Crippen LogP contribution in [0.25, 0.3) is 0 Å². The van der Waals surface area contributed by atoms with Gasteiger partial charge in [-0.25, -0.2) is 4.68 Å². The number of fused-ring (bicyclic) bond motifs is 1. The molecule has 0 spiro atoms. The second kappa shape index (κ2) is 8.26. The van der Waals surface area contributed by atoms with E-state index in [9.17, 15) is 18.0 Å². The van der Waals surface area contributed by atoms with Gasteiger partial charge in [0.15, 0.2) is 11.7 Å². The number of carbonyl (C=O) groups excluding carboxylic acids is 1. The number of alkyl halides is 3. The normalized spacial score (nSPS) is 18.3. The summed E-state index contributed by atoms with van der Waals surface area (Å²) in [5.41, 5.74) is 0.767. The lowest BCUT2D eigenvalue weighted by atomic mass is 9.97. The van der Waals surface area contributed by atoms with Crippen molar-refractivity contribution < 1.29 is 18.0 Å². The smallest absolute Gasteiger partial charge is 0.363 e. The fraction of sp³-hybridized carbons (Fsp3) is 0.200. The van der Waals surface area contributed by atoms with Gasteiger partial charge < -0.3 is 10.6 Å². The third-order valence-corrected chi connectivity index (χ3v) is 5.50. The number of anilines is 2. The maximum absolute atomic E-state index is 13.8. The lowest BCUT2D eigenvalue weighted by molar-refractivity contribution is -0.173. The van der Waals surface area contributed by atoms with Gasteiger partial charge in [0.05, 0.1) is 6.04 Å². The van der Waals surface area contributed by atoms with Crippen molar-refractivity contribution in [1.29, 1.82) is 0 Å². The van der Waals surface area contributed by atoms with Crippen LogP contribution in [0.2, 0.25) is 15.1 Å². The van der Waals surface area contributed by atoms with Crippen molar-refractivity contribution >= 4 is 52.2 Å². The van der Waals surface area contributed by atoms with Gasteiger partial charge in [0, 0.05) is 33.2 Å². The van der Waals surface area contributed by atoms with Gasteiger partial charge in [-0.1, -0.05) is 46.9 Å². The summed E-state index contributed by atoms with van der Waals surface area (Å²) in [5, 5.41) is 10.6. The minimum absolute atomic E-state index is 0.0859. The maximum atomic E-state index is 13.8. The Morgan fingerprint density at radius 3 is 2.29 bits per heavy atom. The lowest BCUT2D eigenvalue weighted by Gasteiger charge is -2.33. The Hall–Kier alpha value is -2.42. The lowest BCUT2D eigenvalue weighted by Crippen LogP contribution is -2.35. The van der Waals surface area contributed by atoms with Crippen molar-refractivity contribution in [2.24, 2.45) is 0 Å². The third-order valence-electron chi connectivity index (χ3n) is 4.82. The SMILES string of the molecule is O=C(Nc1cc(Cl)cc(Cl)c1)c1cc2n(n1)[C@@H](C(F)(F)F)C[C@@H](c1ccc(Cl)cc1)N2. The molecule has 5 nitrogen and oxygen atoms in total. The van der Waals surface area contributed by atoms with Crippen LogP contribution in [0.4, 0.5) is 24.7 Å². The number of amides is 1. The van der Waals surface area contributed by atoms with Gasteiger partial charge in [-0.3, -0.25) is 4.79 Å². The van der Waals surface area contributed by atoms with Crippen LogP contribution < -0.4 is 10.6 Å². The molecule has 3 aromatic rings. The molecule has 0 saturated heterocycles. The second-order valence-corrected chi connectivity index (χ2v) is 8.32. The Bertz CT molecular complexity index is 1110. The predicted molar refractivity (Wildman–Crippen MR) is 114 cm³/mol. The molecule has 162 valence electrons. The van der Waals surface area contributed by atoms with E-state index in [2.05, 4.69) is 15.7 Å². The summed E-state index contributed by atoms with van der Waals surface area (Å²) in [6.45, 7) is 0. The highest BCUT2D eigenvalue weighted by atomic mass is 35.5. The van der Waals surface area contributed by atoms with Gasteiger partial charge in [0.1, 0.15) is 5.82 Å². The summed E-state index contributed by atoms with van der Waals surface area (Å²) >= 11 is 17.7. The number of nitrogens with zero attached hydrogens (tertiary/aromatic N) is 2. The van der Waals surface area contributed by atoms with E-state index in [4.69, 9.17) is 34.8 Å². The largest absolute Gasteiger partial charge is 0.410 e. The number of carbonyl (C=O) groups is 1. The van der Waals surface area contributed by atoms with Crippen LogP contribution in [0.5, 0.6) is 0 Å². The number of hydrogen-bond donors (Lipinski definition) is 2. The fourth-order valence-electron chi connectivity index (χ4n) is 3.42. The molecule has 2 aromatic carbocycles. The Morgan fingerprint density at radius 2 is 1.68 bits per heavy atom. The quantitative estimate of drug-likeness (QED) is 0.427. The average Bonchev–Trinajstić information content (AvgIpc) is 3.10. The van der Waals surface area contributed by atoms with Crippen molar-refractivity contribution in [3.05, 3.63) is 74.9 Å². The Balaban J connectivity index is 1.64. The van der Waals surface area contributed by atoms with E-state index in [1.165, 1.54) is 24.3 Å². The number of nitrogens with one attached hydrogen (secondary N) is 2. The molecule has 2 heterocycles. The number of benzene rings is 2. The van der Waals surface area contributed by atoms with E-state index in [0.29, 0.717) is 26.3 Å². The van der Waals surface area contributed by atoms with Crippen LogP contribution in [-0.4, -0.2) is 21.9 Å². The van der Waals surface area contributed by atoms with Gasteiger partial charge in [-0.15, -0.1) is 0 Å². The zero-order valence-corrected chi connectivity index (χ0v) is 17.8. The first-order valence-corrected chi connectivity index (χ1v) is 10.2. The molecular weight excluding hydrogens is 476 g/mol. The second-order valence-electron chi connectivity index (χ2n) is 7.01. The molecule has 11 heteroatoms. The molecule has 0 unspecified atom stereocenters. The minimum Gasteiger partial charge on any atom is -0.363 e. The molecule has 0 fully saturated rings. The van der Waals surface area contributed by atoms with Crippen molar-refractivity contribution in [3.8, 4) is 0 Å². The molecule has 1 aliphatic rings. The van der Waals surface area contributed by atoms with E-state index >= 15 is 0 Å². The fourth-order valence-corrected chi connectivity index (χ4v) is 4.07. The van der Waals surface area contributed by atoms with Crippen LogP contribution in [0.3, 0.4) is 0 Å². The number of aromatic nitrogens is 2. The Kier molecular flexibility index (Phi) is 5.81. The van der Waals surface area contributed by atoms with Crippen LogP contribution in [0.15, 0.2) is 48.5 Å². The van der Waals surface area contributed by atoms with Gasteiger partial charge in [0.2, 0.25) is 0 Å². The molecule has 2 atom stereocenters. The summed E-state index contributed by atoms with van der Waals surface area (Å²) in [7, 11) is 0. The summed E-state index contributed by atoms with van der Waals surface area (Å²) in [5.74, 6) is -0.603. The molecule has 0 saturated carbocycles. The molecule has 2 N–H and O–H groups in total. The standard InChI is InChI=1S/C20H14Cl3F3N4O/c21-11-3-1-10(2-4-11)15-8-17(20(24,25)26)30-18(28-15)9-16(29-30)19(31)27-14-6-12(22)5-13(23)7-14/h1-7,9,15,17,28H,8H2,(H,27,31)/t15-,17+/m0/s1. The van der Waals surface area contributed by atoms with Crippen molar-refractivity contribution in [1.82, 2.24) is 9.78 Å². The van der Waals surface area contributed by atoms with Crippen LogP contribution in [0.1, 0.15) is 34.6 Å². The first kappa shape index (κ1) is 21.8. The average molecular weight is 490 g/mol. The minimum atomic E-state index is -4.55. The topological polar surface area (TPSA) is 59.0 Å². The van der Waals surface area contributed by atoms with E-state index < -0.39 is 24.2 Å². The molecule has 1 aliphatic heterocycles.